The van der Waals surface area contributed by atoms with Gasteiger partial charge in [0.05, 0.1) is 14.2 Å². The second-order valence-electron chi connectivity index (χ2n) is 2.65. The van der Waals surface area contributed by atoms with E-state index in [0.717, 1.165) is 0 Å². The number of ether oxygens (including phenoxy) is 3. The number of aliphatic hydroxyl groups is 1. The summed E-state index contributed by atoms with van der Waals surface area (Å²) in [6.07, 6.45) is -1.64. The van der Waals surface area contributed by atoms with Crippen LogP contribution in [0.15, 0.2) is 11.5 Å². The number of carbonyl (C=O) groups excluding carboxylic acids is 1. The smallest absolute Gasteiger partial charge is 0.378 e. The molecule has 0 bridgehead atoms. The van der Waals surface area contributed by atoms with E-state index in [9.17, 15) is 9.90 Å². The summed E-state index contributed by atoms with van der Waals surface area (Å²) in [6, 6.07) is 0. The molecule has 1 N–H and O–H groups in total. The third-order valence-corrected chi connectivity index (χ3v) is 2.50. The number of aliphatic hydroxyl groups excluding tert-OH is 1. The molecule has 0 amide bonds. The summed E-state index contributed by atoms with van der Waals surface area (Å²) in [5.74, 6) is -0.378. The summed E-state index contributed by atoms with van der Waals surface area (Å²) < 4.78 is 14.6. The number of hydrogen-bond acceptors (Lipinski definition) is 5. The zero-order chi connectivity index (χ0) is 10.7. The summed E-state index contributed by atoms with van der Waals surface area (Å²) in [5.41, 5.74) is 0. The minimum absolute atomic E-state index is 0.0116. The van der Waals surface area contributed by atoms with Gasteiger partial charge in [-0.3, -0.25) is 0 Å². The number of alkyl halides is 1. The molecule has 0 fully saturated rings. The van der Waals surface area contributed by atoms with E-state index in [0.29, 0.717) is 0 Å². The van der Waals surface area contributed by atoms with Crippen LogP contribution in [0.3, 0.4) is 0 Å². The molecule has 0 saturated carbocycles. The molecule has 0 saturated heterocycles. The Balaban J connectivity index is 2.92. The third kappa shape index (κ3) is 1.85. The van der Waals surface area contributed by atoms with E-state index in [2.05, 4.69) is 15.9 Å². The van der Waals surface area contributed by atoms with Gasteiger partial charge in [-0.25, -0.2) is 4.79 Å². The first-order valence-corrected chi connectivity index (χ1v) is 5.05. The fourth-order valence-electron chi connectivity index (χ4n) is 1.18. The van der Waals surface area contributed by atoms with Crippen LogP contribution < -0.4 is 0 Å². The van der Waals surface area contributed by atoms with Gasteiger partial charge in [0.1, 0.15) is 6.10 Å². The molecule has 0 spiro atoms. The van der Waals surface area contributed by atoms with Gasteiger partial charge in [0, 0.05) is 5.33 Å². The first-order chi connectivity index (χ1) is 6.65. The summed E-state index contributed by atoms with van der Waals surface area (Å²) in [5, 5.41) is 9.78. The van der Waals surface area contributed by atoms with Crippen LogP contribution in [-0.2, 0) is 19.0 Å². The van der Waals surface area contributed by atoms with Crippen molar-refractivity contribution in [2.75, 3.05) is 19.5 Å². The molecule has 0 unspecified atom stereocenters. The normalized spacial score (nSPS) is 23.4. The lowest BCUT2D eigenvalue weighted by molar-refractivity contribution is -0.146. The van der Waals surface area contributed by atoms with E-state index in [1.807, 2.05) is 0 Å². The maximum Gasteiger partial charge on any atom is 0.378 e. The van der Waals surface area contributed by atoms with Gasteiger partial charge in [0.2, 0.25) is 5.76 Å². The number of esters is 1. The number of carbonyl (C=O) groups is 1. The molecule has 0 aliphatic carbocycles. The Morgan fingerprint density at radius 3 is 2.64 bits per heavy atom. The standard InChI is InChI=1S/C8H11BrO5/c1-12-6-5(4(10)3-9)14-8(11)7(6)13-2/h4-5,10H,3H2,1-2H3/t4-,5+/m1/s1. The van der Waals surface area contributed by atoms with Crippen molar-refractivity contribution in [3.63, 3.8) is 0 Å². The molecule has 2 atom stereocenters. The molecule has 1 aliphatic heterocycles. The number of hydrogen-bond donors (Lipinski definition) is 1. The van der Waals surface area contributed by atoms with Crippen LogP contribution in [0, 0.1) is 0 Å². The lowest BCUT2D eigenvalue weighted by atomic mass is 10.2. The van der Waals surface area contributed by atoms with E-state index in [-0.39, 0.29) is 16.8 Å². The van der Waals surface area contributed by atoms with Crippen molar-refractivity contribution in [1.29, 1.82) is 0 Å². The Hall–Kier alpha value is -0.750. The molecule has 14 heavy (non-hydrogen) atoms. The monoisotopic (exact) mass is 266 g/mol. The maximum atomic E-state index is 11.2. The first kappa shape index (κ1) is 11.3. The van der Waals surface area contributed by atoms with Crippen molar-refractivity contribution in [1.82, 2.24) is 0 Å². The Morgan fingerprint density at radius 1 is 1.57 bits per heavy atom. The highest BCUT2D eigenvalue weighted by Crippen LogP contribution is 2.26. The zero-order valence-corrected chi connectivity index (χ0v) is 9.41. The second-order valence-corrected chi connectivity index (χ2v) is 3.30. The third-order valence-electron chi connectivity index (χ3n) is 1.83. The molecule has 5 nitrogen and oxygen atoms in total. The molecule has 0 aromatic heterocycles. The van der Waals surface area contributed by atoms with E-state index in [1.54, 1.807) is 0 Å². The predicted molar refractivity (Wildman–Crippen MR) is 50.7 cm³/mol. The Labute approximate surface area is 89.8 Å². The Kier molecular flexibility index (Phi) is 3.77. The molecule has 1 rings (SSSR count). The number of methoxy groups -OCH3 is 2. The van der Waals surface area contributed by atoms with Crippen LogP contribution in [0.4, 0.5) is 0 Å². The van der Waals surface area contributed by atoms with Crippen LogP contribution >= 0.6 is 15.9 Å². The highest BCUT2D eigenvalue weighted by Gasteiger charge is 2.40. The molecule has 0 aromatic carbocycles. The van der Waals surface area contributed by atoms with Crippen molar-refractivity contribution in [2.24, 2.45) is 0 Å². The highest BCUT2D eigenvalue weighted by molar-refractivity contribution is 9.09. The molecule has 0 radical (unpaired) electrons. The topological polar surface area (TPSA) is 65.0 Å². The summed E-state index contributed by atoms with van der Waals surface area (Å²) >= 11 is 3.08. The molecule has 80 valence electrons. The predicted octanol–water partition coefficient (Wildman–Crippen LogP) is 0.172. The van der Waals surface area contributed by atoms with Gasteiger partial charge in [0.25, 0.3) is 0 Å². The van der Waals surface area contributed by atoms with Gasteiger partial charge >= 0.3 is 5.97 Å². The molecular weight excluding hydrogens is 256 g/mol. The van der Waals surface area contributed by atoms with Gasteiger partial charge in [-0.05, 0) is 0 Å². The quantitative estimate of drug-likeness (QED) is 0.581. The Bertz CT molecular complexity index is 262. The summed E-state index contributed by atoms with van der Waals surface area (Å²) in [4.78, 5) is 11.2. The number of halogens is 1. The fraction of sp³-hybridized carbons (Fsp3) is 0.625. The molecule has 6 heteroatoms. The van der Waals surface area contributed by atoms with E-state index in [1.165, 1.54) is 14.2 Å². The molecule has 1 heterocycles. The average Bonchev–Trinajstić information content (AvgIpc) is 2.53. The van der Waals surface area contributed by atoms with Crippen molar-refractivity contribution >= 4 is 21.9 Å². The van der Waals surface area contributed by atoms with Crippen LogP contribution in [0.1, 0.15) is 0 Å². The van der Waals surface area contributed by atoms with Crippen LogP contribution in [0.2, 0.25) is 0 Å². The lowest BCUT2D eigenvalue weighted by Crippen LogP contribution is -2.30. The molecule has 0 aromatic rings. The SMILES string of the molecule is COC1=C(OC)[C@H]([C@H](O)CBr)OC1=O. The van der Waals surface area contributed by atoms with Gasteiger partial charge in [-0.15, -0.1) is 0 Å². The van der Waals surface area contributed by atoms with E-state index in [4.69, 9.17) is 14.2 Å². The highest BCUT2D eigenvalue weighted by atomic mass is 79.9. The van der Waals surface area contributed by atoms with Crippen LogP contribution in [-0.4, -0.2) is 42.8 Å². The maximum absolute atomic E-state index is 11.2. The van der Waals surface area contributed by atoms with Crippen LogP contribution in [0.5, 0.6) is 0 Å². The van der Waals surface area contributed by atoms with Crippen LogP contribution in [0.25, 0.3) is 0 Å². The summed E-state index contributed by atoms with van der Waals surface area (Å²) in [7, 11) is 2.74. The largest absolute Gasteiger partial charge is 0.493 e. The zero-order valence-electron chi connectivity index (χ0n) is 7.82. The van der Waals surface area contributed by atoms with Gasteiger partial charge in [-0.2, -0.15) is 0 Å². The van der Waals surface area contributed by atoms with Crippen molar-refractivity contribution in [3.05, 3.63) is 11.5 Å². The number of cyclic esters (lactones) is 1. The van der Waals surface area contributed by atoms with Gasteiger partial charge < -0.3 is 19.3 Å². The molecule has 1 aliphatic rings. The minimum Gasteiger partial charge on any atom is -0.493 e. The number of rotatable bonds is 4. The molecular formula is C8H11BrO5. The summed E-state index contributed by atoms with van der Waals surface area (Å²) in [6.45, 7) is 0. The minimum atomic E-state index is -0.846. The van der Waals surface area contributed by atoms with E-state index < -0.39 is 18.2 Å². The second kappa shape index (κ2) is 4.65. The van der Waals surface area contributed by atoms with Gasteiger partial charge in [0.15, 0.2) is 11.9 Å². The lowest BCUT2D eigenvalue weighted by Gasteiger charge is -2.16. The van der Waals surface area contributed by atoms with Crippen molar-refractivity contribution in [3.8, 4) is 0 Å². The van der Waals surface area contributed by atoms with Crippen molar-refractivity contribution in [2.45, 2.75) is 12.2 Å². The van der Waals surface area contributed by atoms with E-state index >= 15 is 0 Å². The Morgan fingerprint density at radius 2 is 2.21 bits per heavy atom. The van der Waals surface area contributed by atoms with Gasteiger partial charge in [-0.1, -0.05) is 15.9 Å². The fourth-order valence-corrected chi connectivity index (χ4v) is 1.52. The first-order valence-electron chi connectivity index (χ1n) is 3.92. The average molecular weight is 267 g/mol. The van der Waals surface area contributed by atoms with Crippen molar-refractivity contribution < 1.29 is 24.1 Å².